The Labute approximate surface area is 81.6 Å². The van der Waals surface area contributed by atoms with Gasteiger partial charge in [-0.2, -0.15) is 0 Å². The van der Waals surface area contributed by atoms with Crippen LogP contribution in [0.4, 0.5) is 5.00 Å². The van der Waals surface area contributed by atoms with E-state index in [9.17, 15) is 4.79 Å². The van der Waals surface area contributed by atoms with Crippen LogP contribution in [0.1, 0.15) is 10.5 Å². The zero-order chi connectivity index (χ0) is 9.10. The number of anilines is 1. The molecule has 0 aliphatic rings. The first-order valence-corrected chi connectivity index (χ1v) is 5.05. The normalized spacial score (nSPS) is 9.85. The van der Waals surface area contributed by atoms with Crippen LogP contribution < -0.4 is 5.32 Å². The molecule has 1 amide bonds. The van der Waals surface area contributed by atoms with Crippen molar-refractivity contribution in [2.75, 3.05) is 5.32 Å². The maximum Gasteiger partial charge on any atom is 0.275 e. The molecule has 13 heavy (non-hydrogen) atoms. The molecule has 0 saturated carbocycles. The van der Waals surface area contributed by atoms with Crippen molar-refractivity contribution in [2.24, 2.45) is 0 Å². The van der Waals surface area contributed by atoms with Crippen molar-refractivity contribution in [2.45, 2.75) is 0 Å². The highest BCUT2D eigenvalue weighted by Gasteiger charge is 2.08. The lowest BCUT2D eigenvalue weighted by Gasteiger charge is -1.95. The Balaban J connectivity index is 2.08. The quantitative estimate of drug-likeness (QED) is 0.813. The summed E-state index contributed by atoms with van der Waals surface area (Å²) in [5, 5.41) is 8.52. The molecular formula is C6H4N4OS2. The highest BCUT2D eigenvalue weighted by molar-refractivity contribution is 7.10. The second-order valence-corrected chi connectivity index (χ2v) is 3.61. The number of carbonyl (C=O) groups is 1. The fourth-order valence-corrected chi connectivity index (χ4v) is 1.67. The zero-order valence-corrected chi connectivity index (χ0v) is 7.93. The summed E-state index contributed by atoms with van der Waals surface area (Å²) in [6, 6.07) is 0. The van der Waals surface area contributed by atoms with Gasteiger partial charge in [0, 0.05) is 16.9 Å². The minimum Gasteiger partial charge on any atom is -0.310 e. The van der Waals surface area contributed by atoms with Gasteiger partial charge in [-0.25, -0.2) is 4.98 Å². The molecule has 7 heteroatoms. The van der Waals surface area contributed by atoms with E-state index in [1.165, 1.54) is 17.5 Å². The minimum atomic E-state index is -0.229. The fourth-order valence-electron chi connectivity index (χ4n) is 0.723. The predicted octanol–water partition coefficient (Wildman–Crippen LogP) is 1.25. The molecular weight excluding hydrogens is 208 g/mol. The van der Waals surface area contributed by atoms with Crippen LogP contribution in [0.2, 0.25) is 0 Å². The summed E-state index contributed by atoms with van der Waals surface area (Å²) in [5.74, 6) is -0.229. The minimum absolute atomic E-state index is 0.229. The van der Waals surface area contributed by atoms with E-state index in [4.69, 9.17) is 0 Å². The lowest BCUT2D eigenvalue weighted by Crippen LogP contribution is -2.10. The number of nitrogens with one attached hydrogen (secondary N) is 1. The number of thiazole rings is 1. The average Bonchev–Trinajstić information content (AvgIpc) is 2.74. The topological polar surface area (TPSA) is 67.8 Å². The molecule has 0 unspecified atom stereocenters. The maximum absolute atomic E-state index is 11.4. The van der Waals surface area contributed by atoms with Crippen LogP contribution in [0.15, 0.2) is 17.1 Å². The molecule has 1 N–H and O–H groups in total. The van der Waals surface area contributed by atoms with E-state index >= 15 is 0 Å². The Kier molecular flexibility index (Phi) is 2.28. The number of amides is 1. The number of aromatic nitrogens is 3. The molecule has 0 atom stereocenters. The predicted molar refractivity (Wildman–Crippen MR) is 50.0 cm³/mol. The molecule has 2 aromatic rings. The molecule has 66 valence electrons. The number of rotatable bonds is 2. The Morgan fingerprint density at radius 1 is 1.54 bits per heavy atom. The van der Waals surface area contributed by atoms with Crippen molar-refractivity contribution < 1.29 is 4.79 Å². The van der Waals surface area contributed by atoms with E-state index in [1.807, 2.05) is 0 Å². The molecule has 0 aliphatic heterocycles. The van der Waals surface area contributed by atoms with Gasteiger partial charge in [0.1, 0.15) is 10.7 Å². The van der Waals surface area contributed by atoms with Crippen LogP contribution in [-0.2, 0) is 0 Å². The third-order valence-electron chi connectivity index (χ3n) is 1.26. The third kappa shape index (κ3) is 1.87. The first kappa shape index (κ1) is 8.27. The van der Waals surface area contributed by atoms with Crippen molar-refractivity contribution in [3.63, 3.8) is 0 Å². The van der Waals surface area contributed by atoms with Crippen LogP contribution in [0, 0.1) is 0 Å². The summed E-state index contributed by atoms with van der Waals surface area (Å²) in [7, 11) is 0. The van der Waals surface area contributed by atoms with Crippen molar-refractivity contribution >= 4 is 33.8 Å². The van der Waals surface area contributed by atoms with Gasteiger partial charge >= 0.3 is 0 Å². The molecule has 0 bridgehead atoms. The number of carbonyl (C=O) groups excluding carboxylic acids is 1. The maximum atomic E-state index is 11.4. The summed E-state index contributed by atoms with van der Waals surface area (Å²) in [6.07, 6.45) is 1.49. The molecule has 0 fully saturated rings. The SMILES string of the molecule is O=C(Nc1cnns1)c1cscn1. The first-order valence-electron chi connectivity index (χ1n) is 3.33. The Morgan fingerprint density at radius 2 is 2.46 bits per heavy atom. The van der Waals surface area contributed by atoms with Crippen molar-refractivity contribution in [1.82, 2.24) is 14.6 Å². The van der Waals surface area contributed by atoms with Crippen LogP contribution in [0.5, 0.6) is 0 Å². The van der Waals surface area contributed by atoms with Gasteiger partial charge in [0.15, 0.2) is 0 Å². The van der Waals surface area contributed by atoms with E-state index in [0.717, 1.165) is 11.5 Å². The summed E-state index contributed by atoms with van der Waals surface area (Å²) in [6.45, 7) is 0. The molecule has 0 aromatic carbocycles. The van der Waals surface area contributed by atoms with E-state index < -0.39 is 0 Å². The van der Waals surface area contributed by atoms with Crippen molar-refractivity contribution in [3.8, 4) is 0 Å². The lowest BCUT2D eigenvalue weighted by atomic mass is 10.4. The lowest BCUT2D eigenvalue weighted by molar-refractivity contribution is 0.102. The Morgan fingerprint density at radius 3 is 3.08 bits per heavy atom. The zero-order valence-electron chi connectivity index (χ0n) is 6.30. The Hall–Kier alpha value is -1.34. The summed E-state index contributed by atoms with van der Waals surface area (Å²) in [4.78, 5) is 15.2. The molecule has 0 saturated heterocycles. The molecule has 2 aromatic heterocycles. The second-order valence-electron chi connectivity index (χ2n) is 2.11. The van der Waals surface area contributed by atoms with Gasteiger partial charge in [-0.15, -0.1) is 16.4 Å². The summed E-state index contributed by atoms with van der Waals surface area (Å²) >= 11 is 2.51. The van der Waals surface area contributed by atoms with Gasteiger partial charge < -0.3 is 5.32 Å². The molecule has 0 spiro atoms. The Bertz CT molecular complexity index is 383. The van der Waals surface area contributed by atoms with Gasteiger partial charge in [-0.05, 0) is 0 Å². The number of hydrogen-bond donors (Lipinski definition) is 1. The summed E-state index contributed by atoms with van der Waals surface area (Å²) in [5.41, 5.74) is 2.03. The van der Waals surface area contributed by atoms with Gasteiger partial charge in [-0.3, -0.25) is 4.79 Å². The van der Waals surface area contributed by atoms with E-state index in [-0.39, 0.29) is 5.91 Å². The highest BCUT2D eigenvalue weighted by Crippen LogP contribution is 2.11. The van der Waals surface area contributed by atoms with E-state index in [2.05, 4.69) is 19.9 Å². The first-order chi connectivity index (χ1) is 6.36. The van der Waals surface area contributed by atoms with Crippen molar-refractivity contribution in [1.29, 1.82) is 0 Å². The smallest absolute Gasteiger partial charge is 0.275 e. The van der Waals surface area contributed by atoms with Crippen molar-refractivity contribution in [3.05, 3.63) is 22.8 Å². The molecule has 0 aliphatic carbocycles. The van der Waals surface area contributed by atoms with Crippen LogP contribution in [0.3, 0.4) is 0 Å². The standard InChI is InChI=1S/C6H4N4OS2/c11-6(4-2-12-3-7-4)9-5-1-8-10-13-5/h1-3H,(H,9,11). The van der Waals surface area contributed by atoms with Crippen LogP contribution in [-0.4, -0.2) is 20.5 Å². The summed E-state index contributed by atoms with van der Waals surface area (Å²) < 4.78 is 3.62. The third-order valence-corrected chi connectivity index (χ3v) is 2.43. The van der Waals surface area contributed by atoms with E-state index in [0.29, 0.717) is 10.7 Å². The van der Waals surface area contributed by atoms with Gasteiger partial charge in [0.25, 0.3) is 5.91 Å². The molecule has 2 heterocycles. The van der Waals surface area contributed by atoms with Gasteiger partial charge in [0.05, 0.1) is 11.7 Å². The molecule has 2 rings (SSSR count). The van der Waals surface area contributed by atoms with Gasteiger partial charge in [0.2, 0.25) is 0 Å². The fraction of sp³-hybridized carbons (Fsp3) is 0. The molecule has 5 nitrogen and oxygen atoms in total. The van der Waals surface area contributed by atoms with Crippen LogP contribution >= 0.6 is 22.9 Å². The average molecular weight is 212 g/mol. The highest BCUT2D eigenvalue weighted by atomic mass is 32.1. The number of hydrogen-bond acceptors (Lipinski definition) is 6. The largest absolute Gasteiger partial charge is 0.310 e. The second kappa shape index (κ2) is 3.58. The monoisotopic (exact) mass is 212 g/mol. The van der Waals surface area contributed by atoms with Gasteiger partial charge in [-0.1, -0.05) is 4.49 Å². The molecule has 0 radical (unpaired) electrons. The number of nitrogens with zero attached hydrogens (tertiary/aromatic N) is 3. The van der Waals surface area contributed by atoms with E-state index in [1.54, 1.807) is 10.9 Å². The van der Waals surface area contributed by atoms with Crippen LogP contribution in [0.25, 0.3) is 0 Å².